The summed E-state index contributed by atoms with van der Waals surface area (Å²) in [6.45, 7) is 0.0546. The van der Waals surface area contributed by atoms with E-state index in [2.05, 4.69) is 0 Å². The molecule has 1 fully saturated rings. The molecule has 0 aromatic heterocycles. The number of fused-ring (bicyclic) bond motifs is 1. The molecule has 2 N–H and O–H groups in total. The number of carbonyl (C=O) groups excluding carboxylic acids is 1. The third-order valence-electron chi connectivity index (χ3n) is 3.84. The summed E-state index contributed by atoms with van der Waals surface area (Å²) in [4.78, 5) is 25.2. The van der Waals surface area contributed by atoms with Crippen LogP contribution in [-0.4, -0.2) is 45.7 Å². The first-order valence-electron chi connectivity index (χ1n) is 6.77. The summed E-state index contributed by atoms with van der Waals surface area (Å²) in [5.74, 6) is -1.43. The summed E-state index contributed by atoms with van der Waals surface area (Å²) in [6, 6.07) is 11.9. The van der Waals surface area contributed by atoms with Crippen LogP contribution in [0, 0.1) is 0 Å². The van der Waals surface area contributed by atoms with Gasteiger partial charge in [0.2, 0.25) is 0 Å². The van der Waals surface area contributed by atoms with Crippen LogP contribution in [0.5, 0.6) is 0 Å². The van der Waals surface area contributed by atoms with Crippen molar-refractivity contribution in [1.82, 2.24) is 4.90 Å². The molecule has 0 radical (unpaired) electrons. The highest BCUT2D eigenvalue weighted by molar-refractivity contribution is 6.08. The van der Waals surface area contributed by atoms with E-state index in [1.54, 1.807) is 12.1 Å². The fraction of sp³-hybridized carbons (Fsp3) is 0.250. The van der Waals surface area contributed by atoms with Crippen molar-refractivity contribution in [1.29, 1.82) is 0 Å². The summed E-state index contributed by atoms with van der Waals surface area (Å²) < 4.78 is 0. The van der Waals surface area contributed by atoms with Gasteiger partial charge in [0, 0.05) is 18.5 Å². The molecule has 0 spiro atoms. The summed E-state index contributed by atoms with van der Waals surface area (Å²) in [7, 11) is 0. The van der Waals surface area contributed by atoms with Gasteiger partial charge in [-0.05, 0) is 16.8 Å². The Bertz CT molecular complexity index is 707. The van der Waals surface area contributed by atoms with Crippen molar-refractivity contribution in [2.75, 3.05) is 6.54 Å². The molecule has 0 aliphatic carbocycles. The average molecular weight is 285 g/mol. The predicted molar refractivity (Wildman–Crippen MR) is 77.0 cm³/mol. The van der Waals surface area contributed by atoms with Crippen molar-refractivity contribution in [2.45, 2.75) is 18.6 Å². The van der Waals surface area contributed by atoms with Gasteiger partial charge in [-0.15, -0.1) is 0 Å². The number of benzene rings is 2. The number of hydrogen-bond acceptors (Lipinski definition) is 3. The van der Waals surface area contributed by atoms with Crippen molar-refractivity contribution in [2.24, 2.45) is 0 Å². The molecule has 1 saturated heterocycles. The van der Waals surface area contributed by atoms with E-state index in [1.165, 1.54) is 4.90 Å². The van der Waals surface area contributed by atoms with Gasteiger partial charge in [0.15, 0.2) is 0 Å². The number of aliphatic hydroxyl groups excluding tert-OH is 1. The minimum absolute atomic E-state index is 0.0546. The maximum absolute atomic E-state index is 12.7. The first-order valence-corrected chi connectivity index (χ1v) is 6.77. The Morgan fingerprint density at radius 3 is 2.57 bits per heavy atom. The normalized spacial score (nSPS) is 21.7. The molecule has 5 heteroatoms. The molecule has 2 atom stereocenters. The van der Waals surface area contributed by atoms with E-state index in [0.29, 0.717) is 5.56 Å². The highest BCUT2D eigenvalue weighted by Gasteiger charge is 2.39. The van der Waals surface area contributed by atoms with Gasteiger partial charge in [-0.25, -0.2) is 4.79 Å². The van der Waals surface area contributed by atoms with Crippen LogP contribution in [0.2, 0.25) is 0 Å². The van der Waals surface area contributed by atoms with Crippen LogP contribution in [0.1, 0.15) is 16.8 Å². The Balaban J connectivity index is 2.02. The van der Waals surface area contributed by atoms with E-state index in [-0.39, 0.29) is 18.9 Å². The Kier molecular flexibility index (Phi) is 3.35. The molecule has 1 amide bonds. The van der Waals surface area contributed by atoms with Crippen LogP contribution in [0.3, 0.4) is 0 Å². The van der Waals surface area contributed by atoms with Gasteiger partial charge in [-0.1, -0.05) is 36.4 Å². The molecule has 2 unspecified atom stereocenters. The topological polar surface area (TPSA) is 77.8 Å². The van der Waals surface area contributed by atoms with Crippen molar-refractivity contribution in [3.63, 3.8) is 0 Å². The third kappa shape index (κ3) is 2.36. The molecule has 0 bridgehead atoms. The standard InChI is InChI=1S/C16H15NO4/c18-11-8-14(16(20)21)17(9-11)15(19)13-7-3-5-10-4-1-2-6-12(10)13/h1-7,11,14,18H,8-9H2,(H,20,21). The maximum atomic E-state index is 12.7. The molecule has 21 heavy (non-hydrogen) atoms. The Hall–Kier alpha value is -2.40. The second-order valence-electron chi connectivity index (χ2n) is 5.23. The summed E-state index contributed by atoms with van der Waals surface area (Å²) in [5.41, 5.74) is 0.466. The van der Waals surface area contributed by atoms with Crippen LogP contribution in [0.4, 0.5) is 0 Å². The number of aliphatic hydroxyl groups is 1. The second-order valence-corrected chi connectivity index (χ2v) is 5.23. The van der Waals surface area contributed by atoms with E-state index in [1.807, 2.05) is 30.3 Å². The van der Waals surface area contributed by atoms with Crippen molar-refractivity contribution < 1.29 is 19.8 Å². The number of β-amino-alcohol motifs (C(OH)–C–C–N with tert-alkyl or cyclic N) is 1. The number of aliphatic carboxylic acids is 1. The largest absolute Gasteiger partial charge is 0.480 e. The highest BCUT2D eigenvalue weighted by atomic mass is 16.4. The molecular weight excluding hydrogens is 270 g/mol. The van der Waals surface area contributed by atoms with Gasteiger partial charge in [-0.2, -0.15) is 0 Å². The Morgan fingerprint density at radius 1 is 1.10 bits per heavy atom. The molecule has 2 aromatic carbocycles. The summed E-state index contributed by atoms with van der Waals surface area (Å²) >= 11 is 0. The van der Waals surface area contributed by atoms with Crippen LogP contribution in [0.15, 0.2) is 42.5 Å². The number of amides is 1. The number of carboxylic acid groups (broad SMARTS) is 1. The zero-order valence-corrected chi connectivity index (χ0v) is 11.3. The monoisotopic (exact) mass is 285 g/mol. The number of hydrogen-bond donors (Lipinski definition) is 2. The molecular formula is C16H15NO4. The Labute approximate surface area is 121 Å². The minimum Gasteiger partial charge on any atom is -0.480 e. The molecule has 108 valence electrons. The van der Waals surface area contributed by atoms with Gasteiger partial charge in [-0.3, -0.25) is 4.79 Å². The van der Waals surface area contributed by atoms with Gasteiger partial charge >= 0.3 is 5.97 Å². The molecule has 0 saturated carbocycles. The van der Waals surface area contributed by atoms with Gasteiger partial charge in [0.25, 0.3) is 5.91 Å². The van der Waals surface area contributed by atoms with Crippen LogP contribution < -0.4 is 0 Å². The SMILES string of the molecule is O=C(O)C1CC(O)CN1C(=O)c1cccc2ccccc12. The smallest absolute Gasteiger partial charge is 0.326 e. The van der Waals surface area contributed by atoms with Crippen molar-refractivity contribution >= 4 is 22.6 Å². The number of nitrogens with zero attached hydrogens (tertiary/aromatic N) is 1. The first kappa shape index (κ1) is 13.6. The molecule has 5 nitrogen and oxygen atoms in total. The summed E-state index contributed by atoms with van der Waals surface area (Å²) in [6.07, 6.45) is -0.712. The number of rotatable bonds is 2. The van der Waals surface area contributed by atoms with Crippen LogP contribution in [-0.2, 0) is 4.79 Å². The maximum Gasteiger partial charge on any atom is 0.326 e. The molecule has 1 aliphatic heterocycles. The lowest BCUT2D eigenvalue weighted by Crippen LogP contribution is -2.40. The highest BCUT2D eigenvalue weighted by Crippen LogP contribution is 2.25. The zero-order chi connectivity index (χ0) is 15.0. The number of likely N-dealkylation sites (tertiary alicyclic amines) is 1. The first-order chi connectivity index (χ1) is 10.1. The molecule has 2 aromatic rings. The fourth-order valence-electron chi connectivity index (χ4n) is 2.84. The van der Waals surface area contributed by atoms with Crippen molar-refractivity contribution in [3.05, 3.63) is 48.0 Å². The van der Waals surface area contributed by atoms with Crippen LogP contribution in [0.25, 0.3) is 10.8 Å². The lowest BCUT2D eigenvalue weighted by molar-refractivity contribution is -0.141. The van der Waals surface area contributed by atoms with Crippen molar-refractivity contribution in [3.8, 4) is 0 Å². The van der Waals surface area contributed by atoms with E-state index in [0.717, 1.165) is 10.8 Å². The third-order valence-corrected chi connectivity index (χ3v) is 3.84. The number of carbonyl (C=O) groups is 2. The summed E-state index contributed by atoms with van der Waals surface area (Å²) in [5, 5.41) is 20.6. The average Bonchev–Trinajstić information content (AvgIpc) is 2.88. The fourth-order valence-corrected chi connectivity index (χ4v) is 2.84. The minimum atomic E-state index is -1.08. The lowest BCUT2D eigenvalue weighted by Gasteiger charge is -2.22. The molecule has 3 rings (SSSR count). The van der Waals surface area contributed by atoms with E-state index >= 15 is 0 Å². The quantitative estimate of drug-likeness (QED) is 0.876. The molecule has 1 aliphatic rings. The van der Waals surface area contributed by atoms with Gasteiger partial charge in [0.1, 0.15) is 6.04 Å². The number of carboxylic acids is 1. The van der Waals surface area contributed by atoms with E-state index < -0.39 is 18.1 Å². The van der Waals surface area contributed by atoms with E-state index in [4.69, 9.17) is 0 Å². The zero-order valence-electron chi connectivity index (χ0n) is 11.3. The van der Waals surface area contributed by atoms with Crippen LogP contribution >= 0.6 is 0 Å². The van der Waals surface area contributed by atoms with E-state index in [9.17, 15) is 19.8 Å². The lowest BCUT2D eigenvalue weighted by atomic mass is 10.0. The van der Waals surface area contributed by atoms with Gasteiger partial charge < -0.3 is 15.1 Å². The predicted octanol–water partition coefficient (Wildman–Crippen LogP) is 1.50. The van der Waals surface area contributed by atoms with Gasteiger partial charge in [0.05, 0.1) is 6.10 Å². The Morgan fingerprint density at radius 2 is 1.81 bits per heavy atom. The second kappa shape index (κ2) is 5.18. The molecule has 1 heterocycles.